The molecule has 0 heterocycles. The predicted molar refractivity (Wildman–Crippen MR) is 83.8 cm³/mol. The second-order valence-electron chi connectivity index (χ2n) is 6.09. The first-order valence-electron chi connectivity index (χ1n) is 7.45. The van der Waals surface area contributed by atoms with Gasteiger partial charge in [0.2, 0.25) is 0 Å². The molecule has 0 radical (unpaired) electrons. The van der Waals surface area contributed by atoms with Crippen molar-refractivity contribution in [3.63, 3.8) is 0 Å². The Morgan fingerprint density at radius 3 is 2.55 bits per heavy atom. The van der Waals surface area contributed by atoms with Crippen LogP contribution in [0.25, 0.3) is 0 Å². The van der Waals surface area contributed by atoms with E-state index >= 15 is 0 Å². The Hall–Kier alpha value is -1.71. The minimum Gasteiger partial charge on any atom is -0.396 e. The molecular weight excluding hydrogens is 250 g/mol. The normalized spacial score (nSPS) is 15.8. The highest BCUT2D eigenvalue weighted by Gasteiger charge is 2.25. The first-order valence-corrected chi connectivity index (χ1v) is 7.45. The van der Waals surface area contributed by atoms with Crippen molar-refractivity contribution in [3.8, 4) is 0 Å². The van der Waals surface area contributed by atoms with Crippen LogP contribution in [0.2, 0.25) is 0 Å². The summed E-state index contributed by atoms with van der Waals surface area (Å²) >= 11 is 0. The number of anilines is 2. The molecule has 0 unspecified atom stereocenters. The monoisotopic (exact) mass is 275 g/mol. The molecule has 1 saturated carbocycles. The quantitative estimate of drug-likeness (QED) is 0.812. The van der Waals surface area contributed by atoms with Crippen molar-refractivity contribution < 1.29 is 4.79 Å². The third-order valence-electron chi connectivity index (χ3n) is 3.99. The summed E-state index contributed by atoms with van der Waals surface area (Å²) in [4.78, 5) is 13.8. The highest BCUT2D eigenvalue weighted by molar-refractivity contribution is 6.00. The van der Waals surface area contributed by atoms with Gasteiger partial charge in [0, 0.05) is 12.6 Å². The molecule has 20 heavy (non-hydrogen) atoms. The van der Waals surface area contributed by atoms with Gasteiger partial charge in [-0.15, -0.1) is 0 Å². The summed E-state index contributed by atoms with van der Waals surface area (Å²) in [5, 5.41) is 0. The van der Waals surface area contributed by atoms with Crippen molar-refractivity contribution in [2.24, 2.45) is 11.7 Å². The fraction of sp³-hybridized carbons (Fsp3) is 0.562. The zero-order valence-electron chi connectivity index (χ0n) is 12.4. The van der Waals surface area contributed by atoms with Gasteiger partial charge >= 0.3 is 0 Å². The van der Waals surface area contributed by atoms with Gasteiger partial charge in [-0.05, 0) is 30.9 Å². The van der Waals surface area contributed by atoms with E-state index < -0.39 is 5.91 Å². The Labute approximate surface area is 121 Å². The third-order valence-corrected chi connectivity index (χ3v) is 3.99. The molecule has 4 nitrogen and oxygen atoms in total. The van der Waals surface area contributed by atoms with E-state index in [-0.39, 0.29) is 0 Å². The predicted octanol–water partition coefficient (Wildman–Crippen LogP) is 2.77. The second kappa shape index (κ2) is 6.16. The topological polar surface area (TPSA) is 72.3 Å². The van der Waals surface area contributed by atoms with Gasteiger partial charge in [0.05, 0.1) is 16.9 Å². The van der Waals surface area contributed by atoms with Crippen molar-refractivity contribution >= 4 is 17.3 Å². The fourth-order valence-electron chi connectivity index (χ4n) is 3.07. The van der Waals surface area contributed by atoms with Crippen molar-refractivity contribution in [2.45, 2.75) is 45.6 Å². The van der Waals surface area contributed by atoms with E-state index in [1.165, 1.54) is 25.7 Å². The Kier molecular flexibility index (Phi) is 4.53. The molecule has 0 bridgehead atoms. The van der Waals surface area contributed by atoms with Crippen molar-refractivity contribution in [2.75, 3.05) is 17.2 Å². The van der Waals surface area contributed by atoms with Crippen LogP contribution in [0.4, 0.5) is 11.4 Å². The summed E-state index contributed by atoms with van der Waals surface area (Å²) in [5.74, 6) is 0.0903. The van der Waals surface area contributed by atoms with Gasteiger partial charge in [0.1, 0.15) is 0 Å². The number of carbonyl (C=O) groups excluding carboxylic acids is 1. The van der Waals surface area contributed by atoms with Crippen LogP contribution in [0.1, 0.15) is 49.9 Å². The van der Waals surface area contributed by atoms with E-state index in [2.05, 4.69) is 18.7 Å². The molecule has 1 aliphatic rings. The second-order valence-corrected chi connectivity index (χ2v) is 6.09. The number of carbonyl (C=O) groups is 1. The van der Waals surface area contributed by atoms with E-state index in [0.717, 1.165) is 12.2 Å². The molecule has 2 rings (SSSR count). The highest BCUT2D eigenvalue weighted by Crippen LogP contribution is 2.33. The lowest BCUT2D eigenvalue weighted by Gasteiger charge is -2.34. The Morgan fingerprint density at radius 1 is 1.35 bits per heavy atom. The largest absolute Gasteiger partial charge is 0.396 e. The maximum absolute atomic E-state index is 11.5. The van der Waals surface area contributed by atoms with E-state index in [9.17, 15) is 4.79 Å². The molecule has 4 heteroatoms. The number of hydrogen-bond acceptors (Lipinski definition) is 3. The highest BCUT2D eigenvalue weighted by atomic mass is 16.1. The number of rotatable bonds is 5. The number of primary amides is 1. The number of amides is 1. The summed E-state index contributed by atoms with van der Waals surface area (Å²) in [6.45, 7) is 5.36. The van der Waals surface area contributed by atoms with Crippen LogP contribution in [0.3, 0.4) is 0 Å². The number of benzene rings is 1. The standard InChI is InChI=1S/C16H25N3O/c1-11(2)10-19(12-6-3-4-7-12)14-9-5-8-13(15(14)17)16(18)20/h5,8-9,11-12H,3-4,6-7,10,17H2,1-2H3,(H2,18,20). The lowest BCUT2D eigenvalue weighted by atomic mass is 10.1. The number of nitrogen functional groups attached to an aromatic ring is 1. The molecular formula is C16H25N3O. The molecule has 0 atom stereocenters. The number of para-hydroxylation sites is 1. The SMILES string of the molecule is CC(C)CN(c1cccc(C(N)=O)c1N)C1CCCC1. The average Bonchev–Trinajstić information content (AvgIpc) is 2.89. The lowest BCUT2D eigenvalue weighted by Crippen LogP contribution is -2.37. The average molecular weight is 275 g/mol. The maximum atomic E-state index is 11.5. The first kappa shape index (κ1) is 14.7. The van der Waals surface area contributed by atoms with Crippen LogP contribution < -0.4 is 16.4 Å². The Bertz CT molecular complexity index is 479. The zero-order chi connectivity index (χ0) is 14.7. The van der Waals surface area contributed by atoms with Gasteiger partial charge in [-0.3, -0.25) is 4.79 Å². The molecule has 1 aliphatic carbocycles. The van der Waals surface area contributed by atoms with E-state index in [1.54, 1.807) is 6.07 Å². The van der Waals surface area contributed by atoms with Gasteiger partial charge in [0.15, 0.2) is 0 Å². The third kappa shape index (κ3) is 3.06. The molecule has 1 aromatic rings. The van der Waals surface area contributed by atoms with Gasteiger partial charge in [0.25, 0.3) is 5.91 Å². The van der Waals surface area contributed by atoms with Gasteiger partial charge < -0.3 is 16.4 Å². The Balaban J connectivity index is 2.37. The number of hydrogen-bond donors (Lipinski definition) is 2. The Morgan fingerprint density at radius 2 is 2.00 bits per heavy atom. The molecule has 1 amide bonds. The van der Waals surface area contributed by atoms with Crippen LogP contribution in [0.5, 0.6) is 0 Å². The van der Waals surface area contributed by atoms with E-state index in [0.29, 0.717) is 23.2 Å². The van der Waals surface area contributed by atoms with Gasteiger partial charge in [-0.2, -0.15) is 0 Å². The smallest absolute Gasteiger partial charge is 0.250 e. The molecule has 4 N–H and O–H groups in total. The minimum absolute atomic E-state index is 0.425. The van der Waals surface area contributed by atoms with Gasteiger partial charge in [-0.25, -0.2) is 0 Å². The summed E-state index contributed by atoms with van der Waals surface area (Å²) in [6.07, 6.45) is 4.95. The number of nitrogens with two attached hydrogens (primary N) is 2. The first-order chi connectivity index (χ1) is 9.50. The van der Waals surface area contributed by atoms with Crippen LogP contribution in [-0.4, -0.2) is 18.5 Å². The summed E-state index contributed by atoms with van der Waals surface area (Å²) < 4.78 is 0. The van der Waals surface area contributed by atoms with Crippen LogP contribution in [0, 0.1) is 5.92 Å². The van der Waals surface area contributed by atoms with Crippen molar-refractivity contribution in [1.82, 2.24) is 0 Å². The van der Waals surface area contributed by atoms with Crippen LogP contribution in [0.15, 0.2) is 18.2 Å². The molecule has 0 spiro atoms. The molecule has 1 fully saturated rings. The summed E-state index contributed by atoms with van der Waals surface area (Å²) in [5.41, 5.74) is 13.5. The summed E-state index contributed by atoms with van der Waals surface area (Å²) in [6, 6.07) is 6.10. The maximum Gasteiger partial charge on any atom is 0.250 e. The van der Waals surface area contributed by atoms with E-state index in [1.807, 2.05) is 12.1 Å². The molecule has 0 aromatic heterocycles. The molecule has 110 valence electrons. The minimum atomic E-state index is -0.458. The van der Waals surface area contributed by atoms with Crippen LogP contribution >= 0.6 is 0 Å². The van der Waals surface area contributed by atoms with Crippen molar-refractivity contribution in [3.05, 3.63) is 23.8 Å². The molecule has 0 aliphatic heterocycles. The van der Waals surface area contributed by atoms with Crippen molar-refractivity contribution in [1.29, 1.82) is 0 Å². The molecule has 0 saturated heterocycles. The fourth-order valence-corrected chi connectivity index (χ4v) is 3.07. The molecule has 1 aromatic carbocycles. The number of nitrogens with zero attached hydrogens (tertiary/aromatic N) is 1. The van der Waals surface area contributed by atoms with Crippen LogP contribution in [-0.2, 0) is 0 Å². The van der Waals surface area contributed by atoms with Gasteiger partial charge in [-0.1, -0.05) is 32.8 Å². The lowest BCUT2D eigenvalue weighted by molar-refractivity contribution is 0.100. The van der Waals surface area contributed by atoms with E-state index in [4.69, 9.17) is 11.5 Å². The zero-order valence-corrected chi connectivity index (χ0v) is 12.4. The summed E-state index contributed by atoms with van der Waals surface area (Å²) in [7, 11) is 0.